The Morgan fingerprint density at radius 1 is 1.32 bits per heavy atom. The molecule has 0 aliphatic carbocycles. The summed E-state index contributed by atoms with van der Waals surface area (Å²) in [6.07, 6.45) is 1.92. The number of aromatic hydroxyl groups is 1. The maximum atomic E-state index is 12.5. The van der Waals surface area contributed by atoms with Crippen molar-refractivity contribution in [1.29, 1.82) is 0 Å². The van der Waals surface area contributed by atoms with E-state index in [-0.39, 0.29) is 11.6 Å². The van der Waals surface area contributed by atoms with Crippen LogP contribution < -0.4 is 5.32 Å². The maximum absolute atomic E-state index is 12.5. The van der Waals surface area contributed by atoms with Gasteiger partial charge in [0.25, 0.3) is 5.91 Å². The molecule has 0 saturated carbocycles. The van der Waals surface area contributed by atoms with Gasteiger partial charge in [0.05, 0.1) is 0 Å². The Kier molecular flexibility index (Phi) is 4.90. The highest BCUT2D eigenvalue weighted by atomic mass is 35.5. The predicted molar refractivity (Wildman–Crippen MR) is 92.1 cm³/mol. The number of nitrogens with one attached hydrogen (secondary N) is 1. The number of hydrogen-bond donors (Lipinski definition) is 2. The van der Waals surface area contributed by atoms with E-state index in [1.54, 1.807) is 30.3 Å². The molecule has 0 spiro atoms. The molecule has 9 heteroatoms. The van der Waals surface area contributed by atoms with E-state index in [4.69, 9.17) is 11.6 Å². The number of pyridine rings is 1. The molecular formula is C16H15ClN6O2. The van der Waals surface area contributed by atoms with E-state index in [0.717, 1.165) is 5.56 Å². The average Bonchev–Trinajstić information content (AvgIpc) is 3.08. The largest absolute Gasteiger partial charge is 0.504 e. The van der Waals surface area contributed by atoms with Crippen LogP contribution in [0.4, 0.5) is 5.82 Å². The lowest BCUT2D eigenvalue weighted by molar-refractivity contribution is -0.120. The highest BCUT2D eigenvalue weighted by molar-refractivity contribution is 6.30. The second kappa shape index (κ2) is 7.27. The highest BCUT2D eigenvalue weighted by Crippen LogP contribution is 2.22. The molecule has 0 bridgehead atoms. The molecule has 0 radical (unpaired) electrons. The first kappa shape index (κ1) is 16.8. The van der Waals surface area contributed by atoms with Crippen molar-refractivity contribution in [2.75, 3.05) is 5.32 Å². The first-order chi connectivity index (χ1) is 12.1. The minimum atomic E-state index is -0.685. The van der Waals surface area contributed by atoms with Gasteiger partial charge in [-0.15, -0.1) is 10.2 Å². The minimum absolute atomic E-state index is 0.0870. The highest BCUT2D eigenvalue weighted by Gasteiger charge is 2.23. The standard InChI is InChI=1S/C16H15ClN6O2/c1-2-12(16(25)19-15-13(24)4-3-9-18-15)23-21-14(20-22-23)10-5-7-11(17)8-6-10/h3-9,12,24H,2H2,1H3,(H,18,19,25). The topological polar surface area (TPSA) is 106 Å². The Morgan fingerprint density at radius 3 is 2.76 bits per heavy atom. The average molecular weight is 359 g/mol. The van der Waals surface area contributed by atoms with E-state index in [1.165, 1.54) is 17.1 Å². The zero-order chi connectivity index (χ0) is 17.8. The Balaban J connectivity index is 1.80. The monoisotopic (exact) mass is 358 g/mol. The molecule has 1 amide bonds. The number of nitrogens with zero attached hydrogens (tertiary/aromatic N) is 5. The molecule has 128 valence electrons. The van der Waals surface area contributed by atoms with Crippen LogP contribution in [0, 0.1) is 0 Å². The number of anilines is 1. The summed E-state index contributed by atoms with van der Waals surface area (Å²) in [5.41, 5.74) is 0.744. The Labute approximate surface area is 148 Å². The van der Waals surface area contributed by atoms with Gasteiger partial charge < -0.3 is 10.4 Å². The fourth-order valence-corrected chi connectivity index (χ4v) is 2.34. The van der Waals surface area contributed by atoms with Gasteiger partial charge in [-0.3, -0.25) is 4.79 Å². The van der Waals surface area contributed by atoms with Gasteiger partial charge in [0.2, 0.25) is 5.82 Å². The molecule has 8 nitrogen and oxygen atoms in total. The summed E-state index contributed by atoms with van der Waals surface area (Å²) in [7, 11) is 0. The van der Waals surface area contributed by atoms with Gasteiger partial charge in [0, 0.05) is 16.8 Å². The molecule has 0 aliphatic rings. The van der Waals surface area contributed by atoms with Crippen LogP contribution in [0.25, 0.3) is 11.4 Å². The summed E-state index contributed by atoms with van der Waals surface area (Å²) in [6.45, 7) is 1.83. The van der Waals surface area contributed by atoms with Crippen LogP contribution in [0.5, 0.6) is 5.75 Å². The van der Waals surface area contributed by atoms with Crippen LogP contribution >= 0.6 is 11.6 Å². The van der Waals surface area contributed by atoms with E-state index in [9.17, 15) is 9.90 Å². The third-order valence-electron chi connectivity index (χ3n) is 3.53. The molecule has 1 aromatic carbocycles. The van der Waals surface area contributed by atoms with Gasteiger partial charge >= 0.3 is 0 Å². The van der Waals surface area contributed by atoms with Gasteiger partial charge in [0.1, 0.15) is 0 Å². The zero-order valence-corrected chi connectivity index (χ0v) is 14.1. The minimum Gasteiger partial charge on any atom is -0.504 e. The summed E-state index contributed by atoms with van der Waals surface area (Å²) >= 11 is 5.87. The van der Waals surface area contributed by atoms with Gasteiger partial charge in [0.15, 0.2) is 17.6 Å². The zero-order valence-electron chi connectivity index (χ0n) is 13.3. The molecule has 0 fully saturated rings. The second-order valence-electron chi connectivity index (χ2n) is 5.22. The van der Waals surface area contributed by atoms with Crippen molar-refractivity contribution < 1.29 is 9.90 Å². The van der Waals surface area contributed by atoms with Crippen molar-refractivity contribution in [3.63, 3.8) is 0 Å². The molecule has 1 atom stereocenters. The van der Waals surface area contributed by atoms with Crippen molar-refractivity contribution in [2.45, 2.75) is 19.4 Å². The Bertz CT molecular complexity index is 880. The van der Waals surface area contributed by atoms with Crippen molar-refractivity contribution in [1.82, 2.24) is 25.2 Å². The Hall–Kier alpha value is -3.00. The molecule has 25 heavy (non-hydrogen) atoms. The number of hydrogen-bond acceptors (Lipinski definition) is 6. The van der Waals surface area contributed by atoms with Crippen molar-refractivity contribution in [3.8, 4) is 17.1 Å². The lowest BCUT2D eigenvalue weighted by Crippen LogP contribution is -2.27. The molecule has 2 N–H and O–H groups in total. The van der Waals surface area contributed by atoms with Crippen molar-refractivity contribution in [3.05, 3.63) is 47.6 Å². The third-order valence-corrected chi connectivity index (χ3v) is 3.78. The van der Waals surface area contributed by atoms with Crippen LogP contribution in [0.2, 0.25) is 5.02 Å². The summed E-state index contributed by atoms with van der Waals surface area (Å²) in [5, 5.41) is 25.1. The summed E-state index contributed by atoms with van der Waals surface area (Å²) in [5.74, 6) is -0.0248. The van der Waals surface area contributed by atoms with Crippen LogP contribution in [0.1, 0.15) is 19.4 Å². The van der Waals surface area contributed by atoms with Crippen LogP contribution in [-0.4, -0.2) is 36.2 Å². The quantitative estimate of drug-likeness (QED) is 0.726. The van der Waals surface area contributed by atoms with Gasteiger partial charge in [-0.05, 0) is 48.0 Å². The molecule has 0 aliphatic heterocycles. The molecular weight excluding hydrogens is 344 g/mol. The SMILES string of the molecule is CCC(C(=O)Nc1ncccc1O)n1nnc(-c2ccc(Cl)cc2)n1. The fraction of sp³-hybridized carbons (Fsp3) is 0.188. The summed E-state index contributed by atoms with van der Waals surface area (Å²) in [6, 6.07) is 9.33. The van der Waals surface area contributed by atoms with Crippen LogP contribution in [0.15, 0.2) is 42.6 Å². The van der Waals surface area contributed by atoms with E-state index < -0.39 is 11.9 Å². The lowest BCUT2D eigenvalue weighted by Gasteiger charge is -2.13. The van der Waals surface area contributed by atoms with Crippen LogP contribution in [-0.2, 0) is 4.79 Å². The first-order valence-corrected chi connectivity index (χ1v) is 7.96. The number of carbonyl (C=O) groups excluding carboxylic acids is 1. The summed E-state index contributed by atoms with van der Waals surface area (Å²) in [4.78, 5) is 17.7. The molecule has 2 heterocycles. The number of aromatic nitrogens is 5. The second-order valence-corrected chi connectivity index (χ2v) is 5.66. The van der Waals surface area contributed by atoms with Crippen molar-refractivity contribution in [2.24, 2.45) is 0 Å². The van der Waals surface area contributed by atoms with Gasteiger partial charge in [-0.2, -0.15) is 4.80 Å². The molecule has 0 saturated heterocycles. The number of halogens is 1. The third kappa shape index (κ3) is 3.74. The normalized spacial score (nSPS) is 11.9. The number of benzene rings is 1. The first-order valence-electron chi connectivity index (χ1n) is 7.58. The smallest absolute Gasteiger partial charge is 0.252 e. The number of carbonyl (C=O) groups is 1. The van der Waals surface area contributed by atoms with Gasteiger partial charge in [-0.25, -0.2) is 4.98 Å². The molecule has 2 aromatic heterocycles. The number of tetrazole rings is 1. The molecule has 3 aromatic rings. The molecule has 1 unspecified atom stereocenters. The lowest BCUT2D eigenvalue weighted by atomic mass is 10.2. The molecule has 3 rings (SSSR count). The van der Waals surface area contributed by atoms with Crippen LogP contribution in [0.3, 0.4) is 0 Å². The Morgan fingerprint density at radius 2 is 2.08 bits per heavy atom. The number of rotatable bonds is 5. The van der Waals surface area contributed by atoms with Gasteiger partial charge in [-0.1, -0.05) is 18.5 Å². The van der Waals surface area contributed by atoms with E-state index in [2.05, 4.69) is 25.7 Å². The van der Waals surface area contributed by atoms with E-state index in [1.807, 2.05) is 6.92 Å². The summed E-state index contributed by atoms with van der Waals surface area (Å²) < 4.78 is 0. The van der Waals surface area contributed by atoms with E-state index >= 15 is 0 Å². The van der Waals surface area contributed by atoms with E-state index in [0.29, 0.717) is 17.3 Å². The maximum Gasteiger partial charge on any atom is 0.252 e. The fourth-order valence-electron chi connectivity index (χ4n) is 2.22. The van der Waals surface area contributed by atoms with Crippen molar-refractivity contribution >= 4 is 23.3 Å². The predicted octanol–water partition coefficient (Wildman–Crippen LogP) is 2.68. The number of amides is 1.